The van der Waals surface area contributed by atoms with Gasteiger partial charge in [-0.2, -0.15) is 0 Å². The number of piperidine rings is 1. The zero-order valence-corrected chi connectivity index (χ0v) is 15.8. The Morgan fingerprint density at radius 3 is 2.62 bits per heavy atom. The first-order valence-corrected chi connectivity index (χ1v) is 10.7. The summed E-state index contributed by atoms with van der Waals surface area (Å²) in [5.41, 5.74) is 4.03. The summed E-state index contributed by atoms with van der Waals surface area (Å²) in [6.07, 6.45) is 4.49. The molecule has 0 amide bonds. The molecule has 1 aromatic carbocycles. The second-order valence-electron chi connectivity index (χ2n) is 6.98. The van der Waals surface area contributed by atoms with Crippen molar-refractivity contribution in [3.63, 3.8) is 0 Å². The Balaban J connectivity index is 1.63. The molecule has 6 nitrogen and oxygen atoms in total. The van der Waals surface area contributed by atoms with Gasteiger partial charge in [0, 0.05) is 31.1 Å². The lowest BCUT2D eigenvalue weighted by molar-refractivity contribution is 0.532. The fourth-order valence-corrected chi connectivity index (χ4v) is 4.60. The number of benzene rings is 1. The normalized spacial score (nSPS) is 16.3. The maximum atomic E-state index is 11.8. The van der Waals surface area contributed by atoms with Gasteiger partial charge in [-0.15, -0.1) is 0 Å². The number of sulfone groups is 1. The van der Waals surface area contributed by atoms with Crippen molar-refractivity contribution in [1.29, 1.82) is 0 Å². The first kappa shape index (κ1) is 17.0. The molecule has 26 heavy (non-hydrogen) atoms. The van der Waals surface area contributed by atoms with Crippen LogP contribution in [-0.4, -0.2) is 48.0 Å². The summed E-state index contributed by atoms with van der Waals surface area (Å²) >= 11 is 0. The number of anilines is 1. The molecule has 0 saturated carbocycles. The standard InChI is InChI=1S/C19H22N4O2S/c1-13-12-20-18(23-9-7-14(8-10-23)26(2,24)25)11-15(13)19-21-16-5-3-4-6-17(16)22-19/h3-6,11-12,14H,7-10H2,1-2H3,(H,21,22). The monoisotopic (exact) mass is 370 g/mol. The van der Waals surface area contributed by atoms with Crippen LogP contribution in [0.3, 0.4) is 0 Å². The third kappa shape index (κ3) is 3.19. The number of H-pyrrole nitrogens is 1. The van der Waals surface area contributed by atoms with Crippen LogP contribution in [0.2, 0.25) is 0 Å². The second-order valence-corrected chi connectivity index (χ2v) is 9.30. The number of aromatic nitrogens is 3. The van der Waals surface area contributed by atoms with Crippen molar-refractivity contribution < 1.29 is 8.42 Å². The molecular formula is C19H22N4O2S. The molecule has 1 fully saturated rings. The number of pyridine rings is 1. The van der Waals surface area contributed by atoms with Gasteiger partial charge in [0.15, 0.2) is 0 Å². The molecule has 3 heterocycles. The molecule has 1 aliphatic heterocycles. The average Bonchev–Trinajstić information content (AvgIpc) is 3.05. The van der Waals surface area contributed by atoms with Crippen molar-refractivity contribution in [2.24, 2.45) is 0 Å². The molecule has 4 rings (SSSR count). The van der Waals surface area contributed by atoms with E-state index in [-0.39, 0.29) is 5.25 Å². The Bertz CT molecular complexity index is 1020. The molecule has 0 unspecified atom stereocenters. The zero-order valence-electron chi connectivity index (χ0n) is 14.9. The van der Waals surface area contributed by atoms with Crippen molar-refractivity contribution in [3.8, 4) is 11.4 Å². The maximum Gasteiger partial charge on any atom is 0.150 e. The minimum absolute atomic E-state index is 0.237. The Morgan fingerprint density at radius 2 is 1.92 bits per heavy atom. The van der Waals surface area contributed by atoms with Crippen LogP contribution in [0.5, 0.6) is 0 Å². The predicted molar refractivity (Wildman–Crippen MR) is 104 cm³/mol. The van der Waals surface area contributed by atoms with E-state index in [1.165, 1.54) is 6.26 Å². The third-order valence-electron chi connectivity index (χ3n) is 5.10. The number of hydrogen-bond donors (Lipinski definition) is 1. The first-order valence-electron chi connectivity index (χ1n) is 8.77. The SMILES string of the molecule is Cc1cnc(N2CCC(S(C)(=O)=O)CC2)cc1-c1nc2ccccc2[nH]1. The van der Waals surface area contributed by atoms with Crippen molar-refractivity contribution in [2.45, 2.75) is 25.0 Å². The van der Waals surface area contributed by atoms with E-state index in [1.54, 1.807) is 0 Å². The number of hydrogen-bond acceptors (Lipinski definition) is 5. The van der Waals surface area contributed by atoms with E-state index in [0.717, 1.165) is 33.8 Å². The Morgan fingerprint density at radius 1 is 1.19 bits per heavy atom. The van der Waals surface area contributed by atoms with E-state index in [2.05, 4.69) is 14.9 Å². The zero-order chi connectivity index (χ0) is 18.3. The third-order valence-corrected chi connectivity index (χ3v) is 6.79. The van der Waals surface area contributed by atoms with Gasteiger partial charge in [-0.05, 0) is 43.5 Å². The molecule has 136 valence electrons. The molecule has 3 aromatic rings. The highest BCUT2D eigenvalue weighted by Gasteiger charge is 2.27. The molecular weight excluding hydrogens is 348 g/mol. The summed E-state index contributed by atoms with van der Waals surface area (Å²) in [7, 11) is -2.97. The number of aryl methyl sites for hydroxylation is 1. The summed E-state index contributed by atoms with van der Waals surface area (Å²) in [5.74, 6) is 1.70. The topological polar surface area (TPSA) is 79.0 Å². The van der Waals surface area contributed by atoms with Gasteiger partial charge in [0.2, 0.25) is 0 Å². The Kier molecular flexibility index (Phi) is 4.19. The van der Waals surface area contributed by atoms with Crippen LogP contribution in [-0.2, 0) is 9.84 Å². The average molecular weight is 370 g/mol. The van der Waals surface area contributed by atoms with Crippen LogP contribution in [0, 0.1) is 6.92 Å². The van der Waals surface area contributed by atoms with E-state index in [1.807, 2.05) is 43.5 Å². The fraction of sp³-hybridized carbons (Fsp3) is 0.368. The van der Waals surface area contributed by atoms with E-state index in [9.17, 15) is 8.42 Å². The number of para-hydroxylation sites is 2. The van der Waals surface area contributed by atoms with E-state index >= 15 is 0 Å². The summed E-state index contributed by atoms with van der Waals surface area (Å²) in [6.45, 7) is 3.43. The molecule has 0 radical (unpaired) electrons. The summed E-state index contributed by atoms with van der Waals surface area (Å²) in [5, 5.41) is -0.237. The second kappa shape index (κ2) is 6.39. The number of fused-ring (bicyclic) bond motifs is 1. The molecule has 1 N–H and O–H groups in total. The van der Waals surface area contributed by atoms with E-state index in [0.29, 0.717) is 25.9 Å². The quantitative estimate of drug-likeness (QED) is 0.767. The minimum Gasteiger partial charge on any atom is -0.357 e. The van der Waals surface area contributed by atoms with Crippen molar-refractivity contribution in [3.05, 3.63) is 42.1 Å². The van der Waals surface area contributed by atoms with Crippen LogP contribution in [0.1, 0.15) is 18.4 Å². The van der Waals surface area contributed by atoms with Crippen LogP contribution in [0.4, 0.5) is 5.82 Å². The number of aromatic amines is 1. The van der Waals surface area contributed by atoms with Crippen LogP contribution < -0.4 is 4.90 Å². The summed E-state index contributed by atoms with van der Waals surface area (Å²) in [4.78, 5) is 14.8. The van der Waals surface area contributed by atoms with Gasteiger partial charge in [-0.3, -0.25) is 0 Å². The predicted octanol–water partition coefficient (Wildman–Crippen LogP) is 2.95. The van der Waals surface area contributed by atoms with E-state index < -0.39 is 9.84 Å². The molecule has 7 heteroatoms. The maximum absolute atomic E-state index is 11.8. The molecule has 1 saturated heterocycles. The molecule has 0 atom stereocenters. The molecule has 2 aromatic heterocycles. The molecule has 1 aliphatic rings. The van der Waals surface area contributed by atoms with Crippen LogP contribution >= 0.6 is 0 Å². The van der Waals surface area contributed by atoms with Crippen molar-refractivity contribution in [1.82, 2.24) is 15.0 Å². The highest BCUT2D eigenvalue weighted by atomic mass is 32.2. The highest BCUT2D eigenvalue weighted by Crippen LogP contribution is 2.28. The highest BCUT2D eigenvalue weighted by molar-refractivity contribution is 7.91. The Labute approximate surface area is 153 Å². The molecule has 0 bridgehead atoms. The molecule has 0 spiro atoms. The summed E-state index contributed by atoms with van der Waals surface area (Å²) in [6, 6.07) is 10.0. The fourth-order valence-electron chi connectivity index (χ4n) is 3.53. The number of nitrogens with one attached hydrogen (secondary N) is 1. The van der Waals surface area contributed by atoms with Crippen molar-refractivity contribution >= 4 is 26.7 Å². The van der Waals surface area contributed by atoms with Gasteiger partial charge in [0.05, 0.1) is 16.3 Å². The van der Waals surface area contributed by atoms with Crippen LogP contribution in [0.15, 0.2) is 36.5 Å². The van der Waals surface area contributed by atoms with Gasteiger partial charge in [-0.1, -0.05) is 12.1 Å². The first-order chi connectivity index (χ1) is 12.4. The lowest BCUT2D eigenvalue weighted by atomic mass is 10.1. The van der Waals surface area contributed by atoms with Gasteiger partial charge in [0.1, 0.15) is 21.5 Å². The lowest BCUT2D eigenvalue weighted by Crippen LogP contribution is -2.39. The minimum atomic E-state index is -2.97. The molecule has 0 aliphatic carbocycles. The van der Waals surface area contributed by atoms with E-state index in [4.69, 9.17) is 4.98 Å². The smallest absolute Gasteiger partial charge is 0.150 e. The summed E-state index contributed by atoms with van der Waals surface area (Å²) < 4.78 is 23.5. The van der Waals surface area contributed by atoms with Crippen LogP contribution in [0.25, 0.3) is 22.4 Å². The number of imidazole rings is 1. The van der Waals surface area contributed by atoms with Gasteiger partial charge in [0.25, 0.3) is 0 Å². The van der Waals surface area contributed by atoms with Gasteiger partial charge in [-0.25, -0.2) is 18.4 Å². The number of rotatable bonds is 3. The van der Waals surface area contributed by atoms with Gasteiger partial charge < -0.3 is 9.88 Å². The Hall–Kier alpha value is -2.41. The number of nitrogens with zero attached hydrogens (tertiary/aromatic N) is 3. The lowest BCUT2D eigenvalue weighted by Gasteiger charge is -2.32. The largest absolute Gasteiger partial charge is 0.357 e. The van der Waals surface area contributed by atoms with Crippen molar-refractivity contribution in [2.75, 3.05) is 24.2 Å². The van der Waals surface area contributed by atoms with Gasteiger partial charge >= 0.3 is 0 Å².